The van der Waals surface area contributed by atoms with Gasteiger partial charge in [-0.05, 0) is 74.4 Å². The van der Waals surface area contributed by atoms with Crippen LogP contribution in [0.1, 0.15) is 25.5 Å². The summed E-state index contributed by atoms with van der Waals surface area (Å²) in [6.45, 7) is 3.29. The second-order valence-corrected chi connectivity index (χ2v) is 12.3. The van der Waals surface area contributed by atoms with Gasteiger partial charge < -0.3 is 4.74 Å². The molecule has 4 aromatic rings. The van der Waals surface area contributed by atoms with E-state index in [-0.39, 0.29) is 36.4 Å². The van der Waals surface area contributed by atoms with Crippen molar-refractivity contribution in [3.05, 3.63) is 77.6 Å². The number of rotatable bonds is 8. The maximum absolute atomic E-state index is 13.9. The number of thiazole rings is 1. The summed E-state index contributed by atoms with van der Waals surface area (Å²) in [6.07, 6.45) is 2.54. The Morgan fingerprint density at radius 2 is 1.89 bits per heavy atom. The second-order valence-electron chi connectivity index (χ2n) is 8.94. The minimum Gasteiger partial charge on any atom is -0.494 e. The minimum absolute atomic E-state index is 0.0803. The quantitative estimate of drug-likeness (QED) is 0.282. The molecule has 0 atom stereocenters. The van der Waals surface area contributed by atoms with E-state index in [0.717, 1.165) is 21.7 Å². The zero-order chi connectivity index (χ0) is 26.7. The van der Waals surface area contributed by atoms with Gasteiger partial charge >= 0.3 is 0 Å². The largest absolute Gasteiger partial charge is 0.494 e. The maximum atomic E-state index is 13.9. The van der Waals surface area contributed by atoms with Gasteiger partial charge in [-0.3, -0.25) is 14.7 Å². The number of anilines is 1. The molecule has 1 amide bonds. The average molecular weight is 571 g/mol. The molecule has 0 aliphatic carbocycles. The van der Waals surface area contributed by atoms with Crippen LogP contribution >= 0.6 is 22.9 Å². The standard InChI is InChI=1S/C27H27ClN4O4S2/c1-2-36-22-8-11-24-25(17-22)37-27(30-24)32(18-21-5-3-4-14-29-21)26(33)19-12-15-31(16-13-19)38(34,35)23-9-6-20(28)7-10-23/h3-11,14,17,19H,2,12-13,15-16,18H2,1H3. The Hall–Kier alpha value is -3.05. The zero-order valence-electron chi connectivity index (χ0n) is 20.8. The molecule has 1 aliphatic heterocycles. The van der Waals surface area contributed by atoms with Crippen molar-refractivity contribution in [2.45, 2.75) is 31.2 Å². The number of nitrogens with zero attached hydrogens (tertiary/aromatic N) is 4. The molecule has 0 unspecified atom stereocenters. The molecule has 1 saturated heterocycles. The van der Waals surface area contributed by atoms with Crippen LogP contribution in [0.15, 0.2) is 71.8 Å². The number of sulfonamides is 1. The van der Waals surface area contributed by atoms with Crippen molar-refractivity contribution in [3.8, 4) is 5.75 Å². The van der Waals surface area contributed by atoms with Crippen molar-refractivity contribution in [1.82, 2.24) is 14.3 Å². The third-order valence-electron chi connectivity index (χ3n) is 6.46. The molecule has 8 nitrogen and oxygen atoms in total. The molecule has 0 N–H and O–H groups in total. The van der Waals surface area contributed by atoms with E-state index >= 15 is 0 Å². The van der Waals surface area contributed by atoms with Gasteiger partial charge in [0.15, 0.2) is 5.13 Å². The van der Waals surface area contributed by atoms with E-state index in [1.807, 2.05) is 43.3 Å². The number of pyridine rings is 1. The fourth-order valence-electron chi connectivity index (χ4n) is 4.48. The van der Waals surface area contributed by atoms with Gasteiger partial charge in [0.2, 0.25) is 15.9 Å². The van der Waals surface area contributed by atoms with E-state index in [1.165, 1.54) is 27.8 Å². The Kier molecular flexibility index (Phi) is 7.94. The lowest BCUT2D eigenvalue weighted by molar-refractivity contribution is -0.123. The SMILES string of the molecule is CCOc1ccc2nc(N(Cc3ccccn3)C(=O)C3CCN(S(=O)(=O)c4ccc(Cl)cc4)CC3)sc2c1. The van der Waals surface area contributed by atoms with Crippen LogP contribution in [0, 0.1) is 5.92 Å². The number of aromatic nitrogens is 2. The van der Waals surface area contributed by atoms with Gasteiger partial charge in [0.05, 0.1) is 34.0 Å². The summed E-state index contributed by atoms with van der Waals surface area (Å²) in [5.41, 5.74) is 1.54. The molecule has 38 heavy (non-hydrogen) atoms. The first-order valence-electron chi connectivity index (χ1n) is 12.4. The van der Waals surface area contributed by atoms with Crippen molar-refractivity contribution in [2.24, 2.45) is 5.92 Å². The summed E-state index contributed by atoms with van der Waals surface area (Å²) in [6, 6.07) is 17.4. The van der Waals surface area contributed by atoms with Crippen LogP contribution in [0.25, 0.3) is 10.2 Å². The van der Waals surface area contributed by atoms with Crippen LogP contribution in [-0.2, 0) is 21.4 Å². The highest BCUT2D eigenvalue weighted by atomic mass is 35.5. The van der Waals surface area contributed by atoms with E-state index in [0.29, 0.717) is 29.6 Å². The summed E-state index contributed by atoms with van der Waals surface area (Å²) in [4.78, 5) is 24.9. The van der Waals surface area contributed by atoms with Crippen LogP contribution in [-0.4, -0.2) is 48.3 Å². The van der Waals surface area contributed by atoms with Gasteiger partial charge in [0, 0.05) is 30.2 Å². The second kappa shape index (κ2) is 11.4. The topological polar surface area (TPSA) is 92.7 Å². The Balaban J connectivity index is 1.37. The third-order valence-corrected chi connectivity index (χ3v) is 9.66. The summed E-state index contributed by atoms with van der Waals surface area (Å²) in [7, 11) is -3.66. The fourth-order valence-corrected chi connectivity index (χ4v) is 7.07. The molecule has 5 rings (SSSR count). The first-order chi connectivity index (χ1) is 18.3. The molecule has 0 radical (unpaired) electrons. The number of hydrogen-bond acceptors (Lipinski definition) is 7. The normalized spacial score (nSPS) is 15.0. The molecule has 2 aromatic heterocycles. The number of ether oxygens (including phenoxy) is 1. The zero-order valence-corrected chi connectivity index (χ0v) is 23.2. The summed E-state index contributed by atoms with van der Waals surface area (Å²) < 4.78 is 34.2. The van der Waals surface area contributed by atoms with Crippen LogP contribution in [0.4, 0.5) is 5.13 Å². The lowest BCUT2D eigenvalue weighted by atomic mass is 9.96. The van der Waals surface area contributed by atoms with Crippen molar-refractivity contribution in [3.63, 3.8) is 0 Å². The van der Waals surface area contributed by atoms with Crippen molar-refractivity contribution >= 4 is 54.2 Å². The number of amides is 1. The van der Waals surface area contributed by atoms with Crippen LogP contribution in [0.5, 0.6) is 5.75 Å². The fraction of sp³-hybridized carbons (Fsp3) is 0.296. The summed E-state index contributed by atoms with van der Waals surface area (Å²) in [5.74, 6) is 0.344. The molecule has 3 heterocycles. The molecule has 11 heteroatoms. The van der Waals surface area contributed by atoms with Crippen LogP contribution in [0.2, 0.25) is 5.02 Å². The molecule has 0 bridgehead atoms. The number of hydrogen-bond donors (Lipinski definition) is 0. The monoisotopic (exact) mass is 570 g/mol. The molecule has 198 valence electrons. The number of fused-ring (bicyclic) bond motifs is 1. The number of piperidine rings is 1. The molecule has 1 aliphatic rings. The third kappa shape index (κ3) is 5.68. The van der Waals surface area contributed by atoms with Gasteiger partial charge in [0.1, 0.15) is 5.75 Å². The smallest absolute Gasteiger partial charge is 0.243 e. The highest BCUT2D eigenvalue weighted by Gasteiger charge is 2.35. The van der Waals surface area contributed by atoms with E-state index in [2.05, 4.69) is 4.98 Å². The Morgan fingerprint density at radius 1 is 1.13 bits per heavy atom. The highest BCUT2D eigenvalue weighted by Crippen LogP contribution is 2.34. The predicted molar refractivity (Wildman–Crippen MR) is 149 cm³/mol. The van der Waals surface area contributed by atoms with E-state index in [4.69, 9.17) is 21.3 Å². The molecule has 0 spiro atoms. The van der Waals surface area contributed by atoms with Gasteiger partial charge in [-0.25, -0.2) is 13.4 Å². The van der Waals surface area contributed by atoms with E-state index in [1.54, 1.807) is 23.2 Å². The van der Waals surface area contributed by atoms with Gasteiger partial charge in [-0.15, -0.1) is 0 Å². The van der Waals surface area contributed by atoms with Gasteiger partial charge in [-0.2, -0.15) is 4.31 Å². The van der Waals surface area contributed by atoms with E-state index < -0.39 is 10.0 Å². The Bertz CT molecular complexity index is 1520. The molecular weight excluding hydrogens is 544 g/mol. The Labute approximate surface area is 230 Å². The highest BCUT2D eigenvalue weighted by molar-refractivity contribution is 7.89. The van der Waals surface area contributed by atoms with E-state index in [9.17, 15) is 13.2 Å². The number of carbonyl (C=O) groups is 1. The number of benzene rings is 2. The number of halogens is 1. The summed E-state index contributed by atoms with van der Waals surface area (Å²) in [5, 5.41) is 1.06. The van der Waals surface area contributed by atoms with Crippen LogP contribution < -0.4 is 9.64 Å². The first kappa shape index (κ1) is 26.6. The molecule has 2 aromatic carbocycles. The maximum Gasteiger partial charge on any atom is 0.243 e. The van der Waals surface area contributed by atoms with Crippen molar-refractivity contribution < 1.29 is 17.9 Å². The molecular formula is C27H27ClN4O4S2. The van der Waals surface area contributed by atoms with Crippen LogP contribution in [0.3, 0.4) is 0 Å². The van der Waals surface area contributed by atoms with Gasteiger partial charge in [-0.1, -0.05) is 29.0 Å². The predicted octanol–water partition coefficient (Wildman–Crippen LogP) is 5.38. The first-order valence-corrected chi connectivity index (χ1v) is 15.0. The molecule has 0 saturated carbocycles. The summed E-state index contributed by atoms with van der Waals surface area (Å²) >= 11 is 7.35. The van der Waals surface area contributed by atoms with Crippen molar-refractivity contribution in [2.75, 3.05) is 24.6 Å². The molecule has 1 fully saturated rings. The lowest BCUT2D eigenvalue weighted by Crippen LogP contribution is -2.44. The van der Waals surface area contributed by atoms with Crippen molar-refractivity contribution in [1.29, 1.82) is 0 Å². The minimum atomic E-state index is -3.66. The lowest BCUT2D eigenvalue weighted by Gasteiger charge is -2.33. The Morgan fingerprint density at radius 3 is 2.58 bits per heavy atom. The average Bonchev–Trinajstić information content (AvgIpc) is 3.36. The van der Waals surface area contributed by atoms with Gasteiger partial charge in [0.25, 0.3) is 0 Å². The number of carbonyl (C=O) groups excluding carboxylic acids is 1.